The number of aromatic nitrogens is 1. The summed E-state index contributed by atoms with van der Waals surface area (Å²) in [7, 11) is 0. The van der Waals surface area contributed by atoms with Gasteiger partial charge in [-0.15, -0.1) is 0 Å². The van der Waals surface area contributed by atoms with E-state index in [1.54, 1.807) is 0 Å². The highest BCUT2D eigenvalue weighted by atomic mass is 19.1. The van der Waals surface area contributed by atoms with E-state index in [-0.39, 0.29) is 17.8 Å². The van der Waals surface area contributed by atoms with Gasteiger partial charge in [-0.25, -0.2) is 8.78 Å². The minimum atomic E-state index is -1.01. The number of pyridine rings is 1. The lowest BCUT2D eigenvalue weighted by molar-refractivity contribution is 0.0757. The monoisotopic (exact) mass is 415 g/mol. The maximum Gasteiger partial charge on any atom is 0.274 e. The first-order chi connectivity index (χ1) is 14.3. The van der Waals surface area contributed by atoms with E-state index in [0.29, 0.717) is 31.0 Å². The van der Waals surface area contributed by atoms with Gasteiger partial charge >= 0.3 is 0 Å². The Morgan fingerprint density at radius 1 is 1.30 bits per heavy atom. The largest absolute Gasteiger partial charge is 0.503 e. The predicted molar refractivity (Wildman–Crippen MR) is 103 cm³/mol. The fourth-order valence-corrected chi connectivity index (χ4v) is 3.55. The molecule has 1 fully saturated rings. The van der Waals surface area contributed by atoms with E-state index in [4.69, 9.17) is 0 Å². The van der Waals surface area contributed by atoms with Gasteiger partial charge in [0.05, 0.1) is 0 Å². The van der Waals surface area contributed by atoms with E-state index in [1.807, 2.05) is 6.08 Å². The van der Waals surface area contributed by atoms with E-state index in [2.05, 4.69) is 16.4 Å². The minimum absolute atomic E-state index is 0.0322. The number of amides is 2. The lowest BCUT2D eigenvalue weighted by atomic mass is 10.1. The van der Waals surface area contributed by atoms with Crippen LogP contribution in [0.3, 0.4) is 0 Å². The fraction of sp³-hybridized carbons (Fsp3) is 0.286. The molecule has 0 bridgehead atoms. The molecule has 0 spiro atoms. The van der Waals surface area contributed by atoms with E-state index < -0.39 is 40.2 Å². The Labute approximate surface area is 170 Å². The van der Waals surface area contributed by atoms with Crippen LogP contribution in [0.1, 0.15) is 32.8 Å². The molecule has 2 amide bonds. The number of carbonyl (C=O) groups excluding carboxylic acids is 2. The molecule has 9 heteroatoms. The van der Waals surface area contributed by atoms with Crippen molar-refractivity contribution in [1.29, 1.82) is 0 Å². The Bertz CT molecular complexity index is 1110. The maximum atomic E-state index is 13.7. The summed E-state index contributed by atoms with van der Waals surface area (Å²) in [6.45, 7) is 0.622. The predicted octanol–water partition coefficient (Wildman–Crippen LogP) is 1.94. The second-order valence-electron chi connectivity index (χ2n) is 7.47. The number of allylic oxidation sites excluding steroid dienone is 1. The van der Waals surface area contributed by atoms with Crippen molar-refractivity contribution in [2.75, 3.05) is 13.1 Å². The van der Waals surface area contributed by atoms with Gasteiger partial charge in [-0.1, -0.05) is 18.2 Å². The Kier molecular flexibility index (Phi) is 5.11. The van der Waals surface area contributed by atoms with Gasteiger partial charge in [-0.05, 0) is 24.3 Å². The average molecular weight is 415 g/mol. The lowest BCUT2D eigenvalue weighted by Crippen LogP contribution is -2.35. The van der Waals surface area contributed by atoms with Gasteiger partial charge in [0.1, 0.15) is 17.2 Å². The molecule has 1 aliphatic carbocycles. The Morgan fingerprint density at radius 2 is 2.10 bits per heavy atom. The molecule has 1 aromatic heterocycles. The lowest BCUT2D eigenvalue weighted by Gasteiger charge is -2.20. The maximum absolute atomic E-state index is 13.7. The third-order valence-electron chi connectivity index (χ3n) is 5.40. The van der Waals surface area contributed by atoms with Crippen LogP contribution in [0.4, 0.5) is 8.78 Å². The normalized spacial score (nSPS) is 19.7. The topological polar surface area (TPSA) is 102 Å². The fourth-order valence-electron chi connectivity index (χ4n) is 3.55. The number of aromatic hydroxyl groups is 1. The van der Waals surface area contributed by atoms with E-state index in [9.17, 15) is 28.3 Å². The molecule has 2 atom stereocenters. The summed E-state index contributed by atoms with van der Waals surface area (Å²) in [5.74, 6) is -2.96. The van der Waals surface area contributed by atoms with Crippen molar-refractivity contribution in [1.82, 2.24) is 15.2 Å². The highest BCUT2D eigenvalue weighted by molar-refractivity contribution is 5.98. The van der Waals surface area contributed by atoms with Crippen LogP contribution in [0.15, 0.2) is 41.3 Å². The summed E-state index contributed by atoms with van der Waals surface area (Å²) in [6.07, 6.45) is 6.01. The first kappa shape index (κ1) is 19.8. The summed E-state index contributed by atoms with van der Waals surface area (Å²) in [4.78, 5) is 41.6. The molecule has 1 aliphatic heterocycles. The zero-order valence-corrected chi connectivity index (χ0v) is 15.8. The van der Waals surface area contributed by atoms with Gasteiger partial charge in [0.15, 0.2) is 11.4 Å². The van der Waals surface area contributed by atoms with Gasteiger partial charge in [0.25, 0.3) is 11.8 Å². The number of nitrogens with one attached hydrogen (secondary N) is 2. The van der Waals surface area contributed by atoms with Crippen LogP contribution in [-0.4, -0.2) is 39.9 Å². The van der Waals surface area contributed by atoms with Crippen LogP contribution in [0, 0.1) is 23.5 Å². The highest BCUT2D eigenvalue weighted by Crippen LogP contribution is 2.41. The first-order valence-electron chi connectivity index (χ1n) is 9.48. The van der Waals surface area contributed by atoms with Crippen molar-refractivity contribution in [3.05, 3.63) is 75.2 Å². The van der Waals surface area contributed by atoms with Crippen molar-refractivity contribution in [3.63, 3.8) is 0 Å². The molecule has 3 N–H and O–H groups in total. The third-order valence-corrected chi connectivity index (χ3v) is 5.40. The van der Waals surface area contributed by atoms with Gasteiger partial charge < -0.3 is 20.3 Å². The number of halogens is 2. The van der Waals surface area contributed by atoms with Crippen LogP contribution in [0.5, 0.6) is 5.75 Å². The molecule has 2 aromatic rings. The highest BCUT2D eigenvalue weighted by Gasteiger charge is 2.39. The van der Waals surface area contributed by atoms with E-state index >= 15 is 0 Å². The zero-order valence-electron chi connectivity index (χ0n) is 15.8. The third kappa shape index (κ3) is 3.83. The Balaban J connectivity index is 1.49. The number of H-pyrrole nitrogens is 1. The number of benzene rings is 1. The summed E-state index contributed by atoms with van der Waals surface area (Å²) in [5, 5.41) is 12.6. The summed E-state index contributed by atoms with van der Waals surface area (Å²) in [5.41, 5.74) is -1.69. The number of aromatic amines is 1. The second kappa shape index (κ2) is 7.74. The summed E-state index contributed by atoms with van der Waals surface area (Å²) >= 11 is 0. The number of rotatable bonds is 4. The van der Waals surface area contributed by atoms with Crippen LogP contribution < -0.4 is 10.7 Å². The molecular weight excluding hydrogens is 396 g/mol. The molecule has 2 heterocycles. The number of hydrogen-bond acceptors (Lipinski definition) is 4. The van der Waals surface area contributed by atoms with Crippen LogP contribution in [0.25, 0.3) is 0 Å². The SMILES string of the molecule is O=C(NCc1ccc(F)cc1F)c1c[nH]c(C(=O)N2CC=CC3C[C@H]3C2)c(O)c1=O. The van der Waals surface area contributed by atoms with Crippen molar-refractivity contribution in [3.8, 4) is 5.75 Å². The zero-order chi connectivity index (χ0) is 21.4. The molecule has 7 nitrogen and oxygen atoms in total. The molecule has 1 aromatic carbocycles. The molecule has 1 saturated carbocycles. The Morgan fingerprint density at radius 3 is 2.87 bits per heavy atom. The van der Waals surface area contributed by atoms with Crippen molar-refractivity contribution >= 4 is 11.8 Å². The smallest absolute Gasteiger partial charge is 0.274 e. The molecule has 4 rings (SSSR count). The first-order valence-corrected chi connectivity index (χ1v) is 9.48. The number of carbonyl (C=O) groups is 2. The van der Waals surface area contributed by atoms with Gasteiger partial charge in [-0.2, -0.15) is 0 Å². The second-order valence-corrected chi connectivity index (χ2v) is 7.47. The number of nitrogens with zero attached hydrogens (tertiary/aromatic N) is 1. The van der Waals surface area contributed by atoms with Gasteiger partial charge in [0, 0.05) is 37.5 Å². The van der Waals surface area contributed by atoms with Crippen molar-refractivity contribution in [2.45, 2.75) is 13.0 Å². The average Bonchev–Trinajstić information content (AvgIpc) is 3.47. The van der Waals surface area contributed by atoms with Crippen LogP contribution in [-0.2, 0) is 6.54 Å². The molecule has 156 valence electrons. The van der Waals surface area contributed by atoms with Crippen LogP contribution >= 0.6 is 0 Å². The molecular formula is C21H19F2N3O4. The molecule has 0 radical (unpaired) electrons. The van der Waals surface area contributed by atoms with E-state index in [1.165, 1.54) is 11.0 Å². The number of fused-ring (bicyclic) bond motifs is 1. The summed E-state index contributed by atoms with van der Waals surface area (Å²) in [6, 6.07) is 2.91. The van der Waals surface area contributed by atoms with Gasteiger partial charge in [-0.3, -0.25) is 14.4 Å². The quantitative estimate of drug-likeness (QED) is 0.664. The van der Waals surface area contributed by atoms with Crippen molar-refractivity contribution in [2.24, 2.45) is 11.8 Å². The van der Waals surface area contributed by atoms with E-state index in [0.717, 1.165) is 18.7 Å². The standard InChI is InChI=1S/C21H19F2N3O4/c22-14-4-3-12(16(23)7-14)8-25-20(29)15-9-24-17(19(28)18(15)27)21(30)26-5-1-2-11-6-13(11)10-26/h1-4,7,9,11,13,28H,5-6,8,10H2,(H,24,27)(H,25,29)/t11?,13-/m0/s1. The molecule has 2 aliphatic rings. The minimum Gasteiger partial charge on any atom is -0.503 e. The molecule has 1 unspecified atom stereocenters. The van der Waals surface area contributed by atoms with Crippen molar-refractivity contribution < 1.29 is 23.5 Å². The summed E-state index contributed by atoms with van der Waals surface area (Å²) < 4.78 is 26.6. The van der Waals surface area contributed by atoms with Gasteiger partial charge in [0.2, 0.25) is 5.43 Å². The van der Waals surface area contributed by atoms with Crippen LogP contribution in [0.2, 0.25) is 0 Å². The Hall–Kier alpha value is -3.49. The molecule has 30 heavy (non-hydrogen) atoms. The molecule has 0 saturated heterocycles. The number of hydrogen-bond donors (Lipinski definition) is 3.